The van der Waals surface area contributed by atoms with E-state index in [4.69, 9.17) is 4.74 Å². The maximum atomic E-state index is 12.9. The van der Waals surface area contributed by atoms with Gasteiger partial charge in [-0.1, -0.05) is 12.5 Å². The Kier molecular flexibility index (Phi) is 7.01. The number of rotatable bonds is 7. The number of ketones is 1. The molecular formula is C23H30N2O5S. The highest BCUT2D eigenvalue weighted by Crippen LogP contribution is 2.23. The van der Waals surface area contributed by atoms with E-state index in [1.165, 1.54) is 16.4 Å². The van der Waals surface area contributed by atoms with Gasteiger partial charge in [-0.25, -0.2) is 13.2 Å². The van der Waals surface area contributed by atoms with E-state index in [2.05, 4.69) is 0 Å². The number of esters is 1. The van der Waals surface area contributed by atoms with Crippen LogP contribution in [0.5, 0.6) is 0 Å². The summed E-state index contributed by atoms with van der Waals surface area (Å²) >= 11 is 0. The van der Waals surface area contributed by atoms with Gasteiger partial charge in [-0.2, -0.15) is 4.31 Å². The van der Waals surface area contributed by atoms with Gasteiger partial charge in [0.25, 0.3) is 0 Å². The zero-order chi connectivity index (χ0) is 22.8. The van der Waals surface area contributed by atoms with E-state index < -0.39 is 22.6 Å². The summed E-state index contributed by atoms with van der Waals surface area (Å²) in [5.74, 6) is -0.985. The van der Waals surface area contributed by atoms with Crippen LogP contribution in [-0.2, 0) is 21.3 Å². The maximum Gasteiger partial charge on any atom is 0.338 e. The molecule has 0 radical (unpaired) electrons. The van der Waals surface area contributed by atoms with Crippen molar-refractivity contribution in [2.24, 2.45) is 0 Å². The first-order chi connectivity index (χ1) is 14.7. The molecule has 8 heteroatoms. The fourth-order valence-corrected chi connectivity index (χ4v) is 5.64. The van der Waals surface area contributed by atoms with Crippen molar-refractivity contribution in [3.05, 3.63) is 52.3 Å². The molecule has 0 saturated carbocycles. The summed E-state index contributed by atoms with van der Waals surface area (Å²) in [5.41, 5.74) is 3.10. The molecule has 2 aromatic rings. The summed E-state index contributed by atoms with van der Waals surface area (Å²) in [5, 5.41) is 0. The lowest BCUT2D eigenvalue weighted by Gasteiger charge is -2.26. The first-order valence-electron chi connectivity index (χ1n) is 10.6. The molecule has 0 bridgehead atoms. The smallest absolute Gasteiger partial charge is 0.338 e. The maximum absolute atomic E-state index is 12.9. The number of carbonyl (C=O) groups is 2. The number of benzene rings is 1. The second-order valence-corrected chi connectivity index (χ2v) is 9.91. The van der Waals surface area contributed by atoms with Gasteiger partial charge >= 0.3 is 5.97 Å². The third-order valence-electron chi connectivity index (χ3n) is 5.91. The van der Waals surface area contributed by atoms with Gasteiger partial charge < -0.3 is 9.30 Å². The zero-order valence-corrected chi connectivity index (χ0v) is 19.4. The molecule has 1 saturated heterocycles. The summed E-state index contributed by atoms with van der Waals surface area (Å²) < 4.78 is 34.6. The second-order valence-electron chi connectivity index (χ2n) is 7.97. The van der Waals surface area contributed by atoms with Crippen molar-refractivity contribution in [3.63, 3.8) is 0 Å². The summed E-state index contributed by atoms with van der Waals surface area (Å²) in [7, 11) is -3.66. The number of sulfonamides is 1. The predicted molar refractivity (Wildman–Crippen MR) is 118 cm³/mol. The molecule has 168 valence electrons. The van der Waals surface area contributed by atoms with Crippen LogP contribution in [0.15, 0.2) is 29.2 Å². The van der Waals surface area contributed by atoms with Crippen LogP contribution >= 0.6 is 0 Å². The molecule has 1 aromatic heterocycles. The number of piperidine rings is 1. The standard InChI is InChI=1S/C23H30N2O5S/c1-5-25-17(3)13-21(18(25)4)22(26)15-30-23(27)20-14-19(10-9-16(20)2)31(28,29)24-11-7-6-8-12-24/h9-10,13-14H,5-8,11-12,15H2,1-4H3. The van der Waals surface area contributed by atoms with Crippen molar-refractivity contribution in [1.82, 2.24) is 8.87 Å². The van der Waals surface area contributed by atoms with Crippen LogP contribution in [0.1, 0.15) is 63.9 Å². The highest BCUT2D eigenvalue weighted by Gasteiger charge is 2.27. The fraction of sp³-hybridized carbons (Fsp3) is 0.478. The van der Waals surface area contributed by atoms with Crippen LogP contribution in [-0.4, -0.2) is 48.7 Å². The predicted octanol–water partition coefficient (Wildman–Crippen LogP) is 3.65. The minimum Gasteiger partial charge on any atom is -0.454 e. The van der Waals surface area contributed by atoms with Crippen LogP contribution in [0, 0.1) is 20.8 Å². The number of carbonyl (C=O) groups excluding carboxylic acids is 2. The van der Waals surface area contributed by atoms with Gasteiger partial charge in [0.05, 0.1) is 10.5 Å². The van der Waals surface area contributed by atoms with Gasteiger partial charge in [0, 0.05) is 36.6 Å². The Labute approximate surface area is 184 Å². The summed E-state index contributed by atoms with van der Waals surface area (Å²) in [6.07, 6.45) is 2.69. The van der Waals surface area contributed by atoms with Crippen molar-refractivity contribution in [3.8, 4) is 0 Å². The Hall–Kier alpha value is -2.45. The van der Waals surface area contributed by atoms with Crippen LogP contribution < -0.4 is 0 Å². The molecule has 1 fully saturated rings. The topological polar surface area (TPSA) is 85.7 Å². The molecule has 3 rings (SSSR count). The third kappa shape index (κ3) is 4.75. The van der Waals surface area contributed by atoms with Gasteiger partial charge in [0.15, 0.2) is 6.61 Å². The number of nitrogens with zero attached hydrogens (tertiary/aromatic N) is 2. The van der Waals surface area contributed by atoms with Crippen molar-refractivity contribution in [2.75, 3.05) is 19.7 Å². The van der Waals surface area contributed by atoms with Crippen LogP contribution in [0.25, 0.3) is 0 Å². The Morgan fingerprint density at radius 1 is 1.00 bits per heavy atom. The number of hydrogen-bond donors (Lipinski definition) is 0. The molecule has 0 spiro atoms. The number of Topliss-reactive ketones (excluding diaryl/α,β-unsaturated/α-hetero) is 1. The Morgan fingerprint density at radius 2 is 1.68 bits per heavy atom. The number of aromatic nitrogens is 1. The fourth-order valence-electron chi connectivity index (χ4n) is 4.09. The molecule has 0 atom stereocenters. The van der Waals surface area contributed by atoms with Crippen LogP contribution in [0.4, 0.5) is 0 Å². The Bertz CT molecular complexity index is 1100. The summed E-state index contributed by atoms with van der Waals surface area (Å²) in [4.78, 5) is 25.4. The lowest BCUT2D eigenvalue weighted by atomic mass is 10.1. The number of ether oxygens (including phenoxy) is 1. The first-order valence-corrected chi connectivity index (χ1v) is 12.1. The van der Waals surface area contributed by atoms with E-state index in [0.717, 1.165) is 37.2 Å². The van der Waals surface area contributed by atoms with Crippen LogP contribution in [0.3, 0.4) is 0 Å². The molecule has 31 heavy (non-hydrogen) atoms. The van der Waals surface area contributed by atoms with Crippen molar-refractivity contribution in [1.29, 1.82) is 0 Å². The summed E-state index contributed by atoms with van der Waals surface area (Å²) in [6.45, 7) is 8.84. The minimum atomic E-state index is -3.66. The molecule has 0 amide bonds. The van der Waals surface area contributed by atoms with E-state index in [-0.39, 0.29) is 16.2 Å². The monoisotopic (exact) mass is 446 g/mol. The average molecular weight is 447 g/mol. The normalized spacial score (nSPS) is 15.1. The average Bonchev–Trinajstić information content (AvgIpc) is 3.05. The van der Waals surface area contributed by atoms with Crippen molar-refractivity contribution in [2.45, 2.75) is 58.4 Å². The lowest BCUT2D eigenvalue weighted by Crippen LogP contribution is -2.35. The summed E-state index contributed by atoms with van der Waals surface area (Å²) in [6, 6.07) is 6.27. The molecule has 1 aromatic carbocycles. The second kappa shape index (κ2) is 9.36. The quantitative estimate of drug-likeness (QED) is 0.479. The van der Waals surface area contributed by atoms with E-state index >= 15 is 0 Å². The minimum absolute atomic E-state index is 0.0739. The van der Waals surface area contributed by atoms with Crippen molar-refractivity contribution >= 4 is 21.8 Å². The van der Waals surface area contributed by atoms with Crippen LogP contribution in [0.2, 0.25) is 0 Å². The van der Waals surface area contributed by atoms with E-state index in [0.29, 0.717) is 24.2 Å². The molecular weight excluding hydrogens is 416 g/mol. The Balaban J connectivity index is 1.76. The first kappa shape index (κ1) is 23.2. The lowest BCUT2D eigenvalue weighted by molar-refractivity contribution is 0.0473. The van der Waals surface area contributed by atoms with Gasteiger partial charge in [-0.05, 0) is 64.3 Å². The molecule has 2 heterocycles. The number of hydrogen-bond acceptors (Lipinski definition) is 5. The van der Waals surface area contributed by atoms with Crippen molar-refractivity contribution < 1.29 is 22.7 Å². The highest BCUT2D eigenvalue weighted by atomic mass is 32.2. The largest absolute Gasteiger partial charge is 0.454 e. The highest BCUT2D eigenvalue weighted by molar-refractivity contribution is 7.89. The molecule has 0 unspecified atom stereocenters. The zero-order valence-electron chi connectivity index (χ0n) is 18.6. The SMILES string of the molecule is CCn1c(C)cc(C(=O)COC(=O)c2cc(S(=O)(=O)N3CCCCC3)ccc2C)c1C. The van der Waals surface area contributed by atoms with Gasteiger partial charge in [0.2, 0.25) is 15.8 Å². The van der Waals surface area contributed by atoms with Gasteiger partial charge in [-0.15, -0.1) is 0 Å². The Morgan fingerprint density at radius 3 is 2.29 bits per heavy atom. The molecule has 0 aliphatic carbocycles. The van der Waals surface area contributed by atoms with Gasteiger partial charge in [0.1, 0.15) is 0 Å². The molecule has 1 aliphatic rings. The van der Waals surface area contributed by atoms with E-state index in [1.807, 2.05) is 25.3 Å². The molecule has 0 N–H and O–H groups in total. The van der Waals surface area contributed by atoms with E-state index in [9.17, 15) is 18.0 Å². The van der Waals surface area contributed by atoms with E-state index in [1.54, 1.807) is 19.1 Å². The molecule has 1 aliphatic heterocycles. The van der Waals surface area contributed by atoms with Gasteiger partial charge in [-0.3, -0.25) is 4.79 Å². The third-order valence-corrected chi connectivity index (χ3v) is 7.80. The number of aryl methyl sites for hydroxylation is 2. The molecule has 7 nitrogen and oxygen atoms in total.